The SMILES string of the molecule is CC(=O)OC(C)C(=O)Nc1cccc(C2OC(CSc3ccccc3N)CC(c3ccc(CO)cc3)O2)c1. The Morgan fingerprint density at radius 2 is 1.84 bits per heavy atom. The molecule has 4 unspecified atom stereocenters. The van der Waals surface area contributed by atoms with Crippen molar-refractivity contribution >= 4 is 35.0 Å². The predicted molar refractivity (Wildman–Crippen MR) is 146 cm³/mol. The van der Waals surface area contributed by atoms with Gasteiger partial charge in [0.25, 0.3) is 5.91 Å². The molecule has 1 amide bonds. The Labute approximate surface area is 226 Å². The first-order valence-corrected chi connectivity index (χ1v) is 13.4. The third-order valence-electron chi connectivity index (χ3n) is 6.10. The Kier molecular flexibility index (Phi) is 9.41. The smallest absolute Gasteiger partial charge is 0.303 e. The fourth-order valence-electron chi connectivity index (χ4n) is 4.13. The first-order valence-electron chi connectivity index (χ1n) is 12.4. The lowest BCUT2D eigenvalue weighted by molar-refractivity contribution is -0.245. The van der Waals surface area contributed by atoms with Crippen LogP contribution in [0.1, 0.15) is 49.4 Å². The van der Waals surface area contributed by atoms with Gasteiger partial charge in [-0.15, -0.1) is 11.8 Å². The van der Waals surface area contributed by atoms with E-state index in [0.717, 1.165) is 27.3 Å². The topological polar surface area (TPSA) is 120 Å². The zero-order chi connectivity index (χ0) is 27.1. The van der Waals surface area contributed by atoms with Crippen LogP contribution in [0.4, 0.5) is 11.4 Å². The number of nitrogen functional groups attached to an aromatic ring is 1. The van der Waals surface area contributed by atoms with Gasteiger partial charge in [-0.2, -0.15) is 0 Å². The lowest BCUT2D eigenvalue weighted by atomic mass is 10.0. The Morgan fingerprint density at radius 1 is 1.08 bits per heavy atom. The number of hydrogen-bond donors (Lipinski definition) is 3. The van der Waals surface area contributed by atoms with E-state index < -0.39 is 24.3 Å². The van der Waals surface area contributed by atoms with Crippen molar-refractivity contribution in [3.63, 3.8) is 0 Å². The quantitative estimate of drug-likeness (QED) is 0.199. The van der Waals surface area contributed by atoms with Gasteiger partial charge < -0.3 is 30.4 Å². The van der Waals surface area contributed by atoms with Crippen molar-refractivity contribution in [3.05, 3.63) is 89.5 Å². The average Bonchev–Trinajstić information content (AvgIpc) is 2.92. The second-order valence-electron chi connectivity index (χ2n) is 9.07. The van der Waals surface area contributed by atoms with Crippen molar-refractivity contribution in [1.29, 1.82) is 0 Å². The van der Waals surface area contributed by atoms with E-state index in [1.807, 2.05) is 60.7 Å². The number of para-hydroxylation sites is 1. The monoisotopic (exact) mass is 536 g/mol. The van der Waals surface area contributed by atoms with E-state index in [0.29, 0.717) is 17.9 Å². The third-order valence-corrected chi connectivity index (χ3v) is 7.32. The number of thioether (sulfide) groups is 1. The molecule has 38 heavy (non-hydrogen) atoms. The highest BCUT2D eigenvalue weighted by Crippen LogP contribution is 2.40. The van der Waals surface area contributed by atoms with Crippen LogP contribution in [0, 0.1) is 0 Å². The van der Waals surface area contributed by atoms with Crippen LogP contribution in [-0.4, -0.2) is 34.9 Å². The molecule has 1 fully saturated rings. The molecule has 0 spiro atoms. The fourth-order valence-corrected chi connectivity index (χ4v) is 5.12. The van der Waals surface area contributed by atoms with E-state index in [9.17, 15) is 14.7 Å². The molecule has 0 bridgehead atoms. The number of ether oxygens (including phenoxy) is 3. The lowest BCUT2D eigenvalue weighted by Gasteiger charge is -2.36. The molecule has 3 aromatic carbocycles. The maximum absolute atomic E-state index is 12.4. The number of aliphatic hydroxyl groups is 1. The van der Waals surface area contributed by atoms with Gasteiger partial charge in [0.15, 0.2) is 12.4 Å². The van der Waals surface area contributed by atoms with E-state index >= 15 is 0 Å². The highest BCUT2D eigenvalue weighted by atomic mass is 32.2. The number of rotatable bonds is 9. The van der Waals surface area contributed by atoms with Crippen LogP contribution in [-0.2, 0) is 30.4 Å². The Balaban J connectivity index is 1.53. The number of hydrogen-bond acceptors (Lipinski definition) is 8. The van der Waals surface area contributed by atoms with Gasteiger partial charge in [0.05, 0.1) is 18.8 Å². The first-order chi connectivity index (χ1) is 18.3. The van der Waals surface area contributed by atoms with Crippen molar-refractivity contribution in [2.45, 2.75) is 56.4 Å². The molecule has 1 aliphatic rings. The summed E-state index contributed by atoms with van der Waals surface area (Å²) in [6.45, 7) is 2.75. The summed E-state index contributed by atoms with van der Waals surface area (Å²) >= 11 is 1.64. The third kappa shape index (κ3) is 7.35. The summed E-state index contributed by atoms with van der Waals surface area (Å²) in [5, 5.41) is 12.2. The van der Waals surface area contributed by atoms with E-state index in [-0.39, 0.29) is 18.8 Å². The van der Waals surface area contributed by atoms with Gasteiger partial charge in [0.1, 0.15) is 0 Å². The molecule has 4 N–H and O–H groups in total. The number of carbonyl (C=O) groups excluding carboxylic acids is 2. The van der Waals surface area contributed by atoms with E-state index in [4.69, 9.17) is 19.9 Å². The molecule has 0 aromatic heterocycles. The molecule has 1 saturated heterocycles. The average molecular weight is 537 g/mol. The van der Waals surface area contributed by atoms with Crippen LogP contribution in [0.5, 0.6) is 0 Å². The van der Waals surface area contributed by atoms with Gasteiger partial charge in [0.2, 0.25) is 0 Å². The molecule has 8 nitrogen and oxygen atoms in total. The van der Waals surface area contributed by atoms with Gasteiger partial charge in [-0.3, -0.25) is 9.59 Å². The van der Waals surface area contributed by atoms with Crippen LogP contribution < -0.4 is 11.1 Å². The van der Waals surface area contributed by atoms with Gasteiger partial charge >= 0.3 is 5.97 Å². The molecule has 1 aliphatic heterocycles. The van der Waals surface area contributed by atoms with E-state index in [1.165, 1.54) is 13.8 Å². The van der Waals surface area contributed by atoms with Gasteiger partial charge in [-0.05, 0) is 42.3 Å². The standard InChI is InChI=1S/C29H32N2O6S/c1-18(35-19(2)33)28(34)31-23-7-5-6-22(14-23)29-36-24(17-38-27-9-4-3-8-25(27)30)15-26(37-29)21-12-10-20(16-32)11-13-21/h3-14,18,24,26,29,32H,15-17,30H2,1-2H3,(H,31,34). The number of aliphatic hydroxyl groups excluding tert-OH is 1. The van der Waals surface area contributed by atoms with E-state index in [2.05, 4.69) is 5.32 Å². The van der Waals surface area contributed by atoms with Crippen LogP contribution >= 0.6 is 11.8 Å². The van der Waals surface area contributed by atoms with Crippen molar-refractivity contribution < 1.29 is 28.9 Å². The maximum atomic E-state index is 12.4. The molecule has 200 valence electrons. The Morgan fingerprint density at radius 3 is 2.55 bits per heavy atom. The fraction of sp³-hybridized carbons (Fsp3) is 0.310. The van der Waals surface area contributed by atoms with Gasteiger partial charge in [-0.1, -0.05) is 48.5 Å². The highest BCUT2D eigenvalue weighted by Gasteiger charge is 2.32. The molecule has 3 aromatic rings. The number of amides is 1. The summed E-state index contributed by atoms with van der Waals surface area (Å²) in [7, 11) is 0. The molecule has 0 saturated carbocycles. The minimum Gasteiger partial charge on any atom is -0.453 e. The number of benzene rings is 3. The number of nitrogens with two attached hydrogens (primary N) is 1. The minimum absolute atomic E-state index is 0.0239. The molecular formula is C29H32N2O6S. The summed E-state index contributed by atoms with van der Waals surface area (Å²) in [5.41, 5.74) is 9.96. The predicted octanol–water partition coefficient (Wildman–Crippen LogP) is 4.99. The molecule has 4 rings (SSSR count). The number of nitrogens with one attached hydrogen (secondary N) is 1. The van der Waals surface area contributed by atoms with Crippen LogP contribution in [0.25, 0.3) is 0 Å². The molecule has 0 aliphatic carbocycles. The molecule has 0 radical (unpaired) electrons. The number of esters is 1. The summed E-state index contributed by atoms with van der Waals surface area (Å²) < 4.78 is 17.8. The van der Waals surface area contributed by atoms with Crippen LogP contribution in [0.3, 0.4) is 0 Å². The first kappa shape index (κ1) is 27.7. The molecule has 9 heteroatoms. The summed E-state index contributed by atoms with van der Waals surface area (Å²) in [5.74, 6) is -0.278. The van der Waals surface area contributed by atoms with E-state index in [1.54, 1.807) is 23.9 Å². The van der Waals surface area contributed by atoms with Crippen molar-refractivity contribution in [2.75, 3.05) is 16.8 Å². The second kappa shape index (κ2) is 12.9. The molecular weight excluding hydrogens is 504 g/mol. The van der Waals surface area contributed by atoms with Crippen LogP contribution in [0.2, 0.25) is 0 Å². The van der Waals surface area contributed by atoms with Crippen molar-refractivity contribution in [3.8, 4) is 0 Å². The largest absolute Gasteiger partial charge is 0.453 e. The number of carbonyl (C=O) groups is 2. The second-order valence-corrected chi connectivity index (χ2v) is 10.1. The zero-order valence-electron chi connectivity index (χ0n) is 21.3. The molecule has 1 heterocycles. The summed E-state index contributed by atoms with van der Waals surface area (Å²) in [6.07, 6.45) is -1.32. The normalized spacial score (nSPS) is 19.9. The lowest BCUT2D eigenvalue weighted by Crippen LogP contribution is -2.31. The maximum Gasteiger partial charge on any atom is 0.303 e. The minimum atomic E-state index is -0.920. The highest BCUT2D eigenvalue weighted by molar-refractivity contribution is 7.99. The summed E-state index contributed by atoms with van der Waals surface area (Å²) in [4.78, 5) is 24.6. The number of anilines is 2. The van der Waals surface area contributed by atoms with Crippen molar-refractivity contribution in [2.24, 2.45) is 0 Å². The van der Waals surface area contributed by atoms with Crippen molar-refractivity contribution in [1.82, 2.24) is 0 Å². The Bertz CT molecular complexity index is 1250. The Hall–Kier alpha value is -3.37. The van der Waals surface area contributed by atoms with Crippen LogP contribution in [0.15, 0.2) is 77.7 Å². The summed E-state index contributed by atoms with van der Waals surface area (Å²) in [6, 6.07) is 22.7. The van der Waals surface area contributed by atoms with Gasteiger partial charge in [-0.25, -0.2) is 0 Å². The zero-order valence-corrected chi connectivity index (χ0v) is 22.1. The molecule has 4 atom stereocenters. The van der Waals surface area contributed by atoms with Gasteiger partial charge in [0, 0.05) is 40.9 Å².